The summed E-state index contributed by atoms with van der Waals surface area (Å²) in [6.07, 6.45) is 0.892. The SMILES string of the molecule is COc1cc(C(=O)NNC(=O)Cn2nc(-c3ccccc3)ccc2=O)ccc1OCCC(C)C. The second-order valence-corrected chi connectivity index (χ2v) is 7.98. The van der Waals surface area contributed by atoms with Crippen LogP contribution in [0, 0.1) is 5.92 Å². The Morgan fingerprint density at radius 1 is 1.00 bits per heavy atom. The van der Waals surface area contributed by atoms with Gasteiger partial charge >= 0.3 is 0 Å². The predicted octanol–water partition coefficient (Wildman–Crippen LogP) is 2.81. The fraction of sp³-hybridized carbons (Fsp3) is 0.280. The molecule has 0 atom stereocenters. The molecule has 0 aliphatic rings. The molecule has 0 aliphatic heterocycles. The largest absolute Gasteiger partial charge is 0.493 e. The first-order valence-electron chi connectivity index (χ1n) is 10.9. The number of methoxy groups -OCH3 is 1. The van der Waals surface area contributed by atoms with Crippen LogP contribution in [-0.4, -0.2) is 35.3 Å². The summed E-state index contributed by atoms with van der Waals surface area (Å²) in [5.74, 6) is 0.308. The van der Waals surface area contributed by atoms with Crippen LogP contribution in [0.25, 0.3) is 11.3 Å². The van der Waals surface area contributed by atoms with Gasteiger partial charge in [-0.2, -0.15) is 5.10 Å². The van der Waals surface area contributed by atoms with Gasteiger partial charge in [-0.15, -0.1) is 0 Å². The standard InChI is InChI=1S/C25H28N4O5/c1-17(2)13-14-34-21-11-9-19(15-22(21)33-3)25(32)27-26-23(30)16-29-24(31)12-10-20(28-29)18-7-5-4-6-8-18/h4-12,15,17H,13-14,16H2,1-3H3,(H,26,30)(H,27,32). The van der Waals surface area contributed by atoms with E-state index in [0.29, 0.717) is 29.7 Å². The summed E-state index contributed by atoms with van der Waals surface area (Å²) in [7, 11) is 1.49. The molecule has 3 rings (SSSR count). The van der Waals surface area contributed by atoms with Gasteiger partial charge in [0.2, 0.25) is 0 Å². The highest BCUT2D eigenvalue weighted by Crippen LogP contribution is 2.28. The van der Waals surface area contributed by atoms with E-state index >= 15 is 0 Å². The Morgan fingerprint density at radius 3 is 2.47 bits per heavy atom. The van der Waals surface area contributed by atoms with E-state index in [1.807, 2.05) is 30.3 Å². The molecule has 9 nitrogen and oxygen atoms in total. The minimum Gasteiger partial charge on any atom is -0.493 e. The molecule has 1 heterocycles. The van der Waals surface area contributed by atoms with Gasteiger partial charge in [-0.05, 0) is 36.6 Å². The molecule has 0 fully saturated rings. The molecule has 0 saturated heterocycles. The number of hydrogen-bond donors (Lipinski definition) is 2. The van der Waals surface area contributed by atoms with Crippen molar-refractivity contribution in [2.24, 2.45) is 5.92 Å². The van der Waals surface area contributed by atoms with Crippen LogP contribution in [0.5, 0.6) is 11.5 Å². The molecule has 0 unspecified atom stereocenters. The van der Waals surface area contributed by atoms with Gasteiger partial charge in [-0.1, -0.05) is 44.2 Å². The Hall–Kier alpha value is -4.14. The number of nitrogens with one attached hydrogen (secondary N) is 2. The van der Waals surface area contributed by atoms with Crippen molar-refractivity contribution in [1.29, 1.82) is 0 Å². The van der Waals surface area contributed by atoms with E-state index in [2.05, 4.69) is 29.8 Å². The lowest BCUT2D eigenvalue weighted by Crippen LogP contribution is -2.44. The number of rotatable bonds is 9. The molecule has 2 N–H and O–H groups in total. The summed E-state index contributed by atoms with van der Waals surface area (Å²) in [6, 6.07) is 17.0. The molecule has 178 valence electrons. The normalized spacial score (nSPS) is 10.6. The molecule has 0 bridgehead atoms. The van der Waals surface area contributed by atoms with Crippen molar-refractivity contribution in [2.75, 3.05) is 13.7 Å². The molecule has 0 spiro atoms. The van der Waals surface area contributed by atoms with Gasteiger partial charge in [0.15, 0.2) is 11.5 Å². The number of nitrogens with zero attached hydrogens (tertiary/aromatic N) is 2. The molecule has 2 amide bonds. The average molecular weight is 465 g/mol. The van der Waals surface area contributed by atoms with Gasteiger partial charge in [-0.3, -0.25) is 25.2 Å². The maximum Gasteiger partial charge on any atom is 0.269 e. The summed E-state index contributed by atoms with van der Waals surface area (Å²) >= 11 is 0. The third-order valence-corrected chi connectivity index (χ3v) is 4.92. The highest BCUT2D eigenvalue weighted by atomic mass is 16.5. The van der Waals surface area contributed by atoms with Gasteiger partial charge in [0.1, 0.15) is 6.54 Å². The van der Waals surface area contributed by atoms with Crippen LogP contribution >= 0.6 is 0 Å². The fourth-order valence-corrected chi connectivity index (χ4v) is 3.03. The highest BCUT2D eigenvalue weighted by Gasteiger charge is 2.13. The fourth-order valence-electron chi connectivity index (χ4n) is 3.03. The number of aromatic nitrogens is 2. The van der Waals surface area contributed by atoms with E-state index in [1.165, 1.54) is 19.2 Å². The Bertz CT molecular complexity index is 1190. The minimum absolute atomic E-state index is 0.273. The van der Waals surface area contributed by atoms with E-state index in [9.17, 15) is 14.4 Å². The third kappa shape index (κ3) is 6.68. The molecule has 0 saturated carbocycles. The zero-order valence-electron chi connectivity index (χ0n) is 19.4. The Morgan fingerprint density at radius 2 is 1.76 bits per heavy atom. The van der Waals surface area contributed by atoms with Gasteiger partial charge < -0.3 is 9.47 Å². The maximum atomic E-state index is 12.5. The highest BCUT2D eigenvalue weighted by molar-refractivity contribution is 5.96. The van der Waals surface area contributed by atoms with Crippen LogP contribution in [-0.2, 0) is 11.3 Å². The summed E-state index contributed by atoms with van der Waals surface area (Å²) in [6.45, 7) is 4.39. The van der Waals surface area contributed by atoms with Gasteiger partial charge in [0.05, 0.1) is 19.4 Å². The molecular formula is C25H28N4O5. The lowest BCUT2D eigenvalue weighted by Gasteiger charge is -2.13. The monoisotopic (exact) mass is 464 g/mol. The summed E-state index contributed by atoms with van der Waals surface area (Å²) in [4.78, 5) is 36.9. The van der Waals surface area contributed by atoms with Crippen molar-refractivity contribution in [2.45, 2.75) is 26.8 Å². The Kier molecular flexibility index (Phi) is 8.39. The summed E-state index contributed by atoms with van der Waals surface area (Å²) < 4.78 is 12.1. The second kappa shape index (κ2) is 11.6. The van der Waals surface area contributed by atoms with Crippen molar-refractivity contribution in [3.63, 3.8) is 0 Å². The van der Waals surface area contributed by atoms with Crippen molar-refractivity contribution in [3.05, 3.63) is 76.6 Å². The van der Waals surface area contributed by atoms with Gasteiger partial charge in [-0.25, -0.2) is 4.68 Å². The Balaban J connectivity index is 1.60. The predicted molar refractivity (Wildman–Crippen MR) is 127 cm³/mol. The zero-order chi connectivity index (χ0) is 24.5. The lowest BCUT2D eigenvalue weighted by atomic mass is 10.1. The number of hydrogen-bond acceptors (Lipinski definition) is 6. The quantitative estimate of drug-likeness (QED) is 0.471. The molecule has 0 radical (unpaired) electrons. The maximum absolute atomic E-state index is 12.5. The number of amides is 2. The molecular weight excluding hydrogens is 436 g/mol. The molecule has 0 aliphatic carbocycles. The van der Waals surface area contributed by atoms with Crippen LogP contribution in [0.3, 0.4) is 0 Å². The smallest absolute Gasteiger partial charge is 0.269 e. The first-order valence-corrected chi connectivity index (χ1v) is 10.9. The zero-order valence-corrected chi connectivity index (χ0v) is 19.4. The molecule has 1 aromatic heterocycles. The first kappa shape index (κ1) is 24.5. The van der Waals surface area contributed by atoms with E-state index in [1.54, 1.807) is 18.2 Å². The topological polar surface area (TPSA) is 112 Å². The average Bonchev–Trinajstić information content (AvgIpc) is 2.84. The molecule has 3 aromatic rings. The van der Waals surface area contributed by atoms with Crippen molar-refractivity contribution >= 4 is 11.8 Å². The van der Waals surface area contributed by atoms with Crippen LogP contribution in [0.4, 0.5) is 0 Å². The van der Waals surface area contributed by atoms with Crippen molar-refractivity contribution in [3.8, 4) is 22.8 Å². The number of carbonyl (C=O) groups is 2. The summed E-state index contributed by atoms with van der Waals surface area (Å²) in [5.41, 5.74) is 5.85. The second-order valence-electron chi connectivity index (χ2n) is 7.98. The molecule has 34 heavy (non-hydrogen) atoms. The first-order chi connectivity index (χ1) is 16.4. The van der Waals surface area contributed by atoms with E-state index in [-0.39, 0.29) is 12.1 Å². The van der Waals surface area contributed by atoms with Crippen molar-refractivity contribution < 1.29 is 19.1 Å². The van der Waals surface area contributed by atoms with Gasteiger partial charge in [0, 0.05) is 17.2 Å². The molecule has 9 heteroatoms. The third-order valence-electron chi connectivity index (χ3n) is 4.92. The number of ether oxygens (including phenoxy) is 2. The number of hydrazine groups is 1. The Labute approximate surface area is 197 Å². The van der Waals surface area contributed by atoms with Crippen LogP contribution in [0.2, 0.25) is 0 Å². The lowest BCUT2D eigenvalue weighted by molar-refractivity contribution is -0.122. The van der Waals surface area contributed by atoms with Crippen LogP contribution in [0.15, 0.2) is 65.5 Å². The summed E-state index contributed by atoms with van der Waals surface area (Å²) in [5, 5.41) is 4.24. The molecule has 2 aromatic carbocycles. The van der Waals surface area contributed by atoms with Gasteiger partial charge in [0.25, 0.3) is 17.4 Å². The van der Waals surface area contributed by atoms with Crippen LogP contribution in [0.1, 0.15) is 30.6 Å². The van der Waals surface area contributed by atoms with E-state index < -0.39 is 17.4 Å². The number of carbonyl (C=O) groups excluding carboxylic acids is 2. The van der Waals surface area contributed by atoms with Crippen LogP contribution < -0.4 is 25.9 Å². The minimum atomic E-state index is -0.603. The van der Waals surface area contributed by atoms with Crippen molar-refractivity contribution in [1.82, 2.24) is 20.6 Å². The van der Waals surface area contributed by atoms with E-state index in [0.717, 1.165) is 16.7 Å². The number of benzene rings is 2. The van der Waals surface area contributed by atoms with E-state index in [4.69, 9.17) is 9.47 Å².